The zero-order chi connectivity index (χ0) is 43.2. The lowest BCUT2D eigenvalue weighted by Gasteiger charge is -2.35. The molecule has 2 heteroatoms. The summed E-state index contributed by atoms with van der Waals surface area (Å²) in [5, 5.41) is 2.32. The van der Waals surface area contributed by atoms with E-state index in [1.807, 2.05) is 18.2 Å². The lowest BCUT2D eigenvalue weighted by atomic mass is 9.66. The van der Waals surface area contributed by atoms with E-state index in [1.165, 1.54) is 55.5 Å². The molecule has 0 unspecified atom stereocenters. The summed E-state index contributed by atoms with van der Waals surface area (Å²) in [5.74, 6) is 0.698. The first kappa shape index (κ1) is 38.2. The molecule has 0 fully saturated rings. The van der Waals surface area contributed by atoms with E-state index in [2.05, 4.69) is 237 Å². The van der Waals surface area contributed by atoms with Gasteiger partial charge in [-0.05, 0) is 83.6 Å². The van der Waals surface area contributed by atoms with Gasteiger partial charge in [-0.1, -0.05) is 249 Å². The van der Waals surface area contributed by atoms with Gasteiger partial charge >= 0.3 is 0 Å². The highest BCUT2D eigenvalue weighted by atomic mass is 14.9. The van der Waals surface area contributed by atoms with Gasteiger partial charge in [0.05, 0.1) is 16.8 Å². The van der Waals surface area contributed by atoms with Crippen molar-refractivity contribution < 1.29 is 0 Å². The Hall–Kier alpha value is -8.46. The Morgan fingerprint density at radius 2 is 0.692 bits per heavy atom. The molecule has 0 atom stereocenters. The van der Waals surface area contributed by atoms with Gasteiger partial charge in [0.1, 0.15) is 0 Å². The van der Waals surface area contributed by atoms with Crippen molar-refractivity contribution in [3.8, 4) is 78.4 Å². The van der Waals surface area contributed by atoms with Crippen molar-refractivity contribution in [1.82, 2.24) is 9.97 Å². The van der Waals surface area contributed by atoms with Gasteiger partial charge in [0.2, 0.25) is 0 Å². The predicted octanol–water partition coefficient (Wildman–Crippen LogP) is 16.0. The lowest BCUT2D eigenvalue weighted by Crippen LogP contribution is -2.29. The highest BCUT2D eigenvalue weighted by Crippen LogP contribution is 2.58. The number of nitrogens with zero attached hydrogens (tertiary/aromatic N) is 2. The first-order valence-electron chi connectivity index (χ1n) is 22.3. The average Bonchev–Trinajstić information content (AvgIpc) is 3.71. The van der Waals surface area contributed by atoms with Crippen LogP contribution in [0.15, 0.2) is 255 Å². The molecule has 0 saturated heterocycles. The molecule has 0 radical (unpaired) electrons. The van der Waals surface area contributed by atoms with E-state index in [0.29, 0.717) is 5.82 Å². The van der Waals surface area contributed by atoms with E-state index in [9.17, 15) is 0 Å². The third-order valence-electron chi connectivity index (χ3n) is 13.2. The van der Waals surface area contributed by atoms with Crippen molar-refractivity contribution in [3.63, 3.8) is 0 Å². The van der Waals surface area contributed by atoms with Gasteiger partial charge in [-0.15, -0.1) is 0 Å². The van der Waals surface area contributed by atoms with E-state index in [1.54, 1.807) is 0 Å². The summed E-state index contributed by atoms with van der Waals surface area (Å²) < 4.78 is 0. The van der Waals surface area contributed by atoms with Gasteiger partial charge < -0.3 is 0 Å². The van der Waals surface area contributed by atoms with Crippen molar-refractivity contribution in [2.45, 2.75) is 5.41 Å². The van der Waals surface area contributed by atoms with E-state index in [0.717, 1.165) is 50.2 Å². The number of rotatable bonds is 8. The van der Waals surface area contributed by atoms with E-state index >= 15 is 0 Å². The van der Waals surface area contributed by atoms with Crippen LogP contribution in [0.4, 0.5) is 0 Å². The smallest absolute Gasteiger partial charge is 0.160 e. The van der Waals surface area contributed by atoms with Crippen molar-refractivity contribution in [3.05, 3.63) is 277 Å². The Morgan fingerprint density at radius 3 is 1.34 bits per heavy atom. The molecule has 304 valence electrons. The zero-order valence-corrected chi connectivity index (χ0v) is 35.6. The van der Waals surface area contributed by atoms with Crippen LogP contribution in [0.25, 0.3) is 89.2 Å². The number of hydrogen-bond acceptors (Lipinski definition) is 2. The van der Waals surface area contributed by atoms with Crippen LogP contribution in [-0.2, 0) is 5.41 Å². The molecular formula is C63H42N2. The Kier molecular flexibility index (Phi) is 9.43. The van der Waals surface area contributed by atoms with Crippen molar-refractivity contribution in [2.75, 3.05) is 0 Å². The van der Waals surface area contributed by atoms with Crippen molar-refractivity contribution in [1.29, 1.82) is 0 Å². The third kappa shape index (κ3) is 6.41. The lowest BCUT2D eigenvalue weighted by molar-refractivity contribution is 0.770. The van der Waals surface area contributed by atoms with Gasteiger partial charge in [0, 0.05) is 16.7 Å². The number of aromatic nitrogens is 2. The molecule has 2 nitrogen and oxygen atoms in total. The first-order valence-corrected chi connectivity index (χ1v) is 22.3. The van der Waals surface area contributed by atoms with Crippen LogP contribution in [0.5, 0.6) is 0 Å². The topological polar surface area (TPSA) is 25.8 Å². The van der Waals surface area contributed by atoms with Crippen molar-refractivity contribution >= 4 is 10.8 Å². The molecule has 0 bridgehead atoms. The molecule has 0 aliphatic heterocycles. The molecule has 65 heavy (non-hydrogen) atoms. The average molecular weight is 827 g/mol. The van der Waals surface area contributed by atoms with Crippen LogP contribution in [0, 0.1) is 0 Å². The minimum absolute atomic E-state index is 0.486. The number of hydrogen-bond donors (Lipinski definition) is 0. The summed E-state index contributed by atoms with van der Waals surface area (Å²) in [6.45, 7) is 0. The zero-order valence-electron chi connectivity index (χ0n) is 35.6. The molecule has 11 aromatic rings. The standard InChI is InChI=1S/C63H42N2/c1-5-20-43(21-6-1)49-28-13-16-32-55(49)59-42-60(65-62(64-59)46-22-7-2-8-23-46)56-41-40-50(52-29-14-15-30-53(52)56)44-36-38-45(39-37-44)51-33-19-34-57-54-31-17-18-35-58(54)63(61(51)57,47-24-9-3-10-25-47)48-26-11-4-12-27-48/h1-42H. The van der Waals surface area contributed by atoms with Crippen LogP contribution in [-0.4, -0.2) is 9.97 Å². The van der Waals surface area contributed by atoms with Gasteiger partial charge in [-0.2, -0.15) is 0 Å². The molecule has 12 rings (SSSR count). The number of fused-ring (bicyclic) bond motifs is 4. The second kappa shape index (κ2) is 16.0. The largest absolute Gasteiger partial charge is 0.228 e. The molecular weight excluding hydrogens is 785 g/mol. The summed E-state index contributed by atoms with van der Waals surface area (Å²) >= 11 is 0. The molecule has 0 amide bonds. The van der Waals surface area contributed by atoms with Gasteiger partial charge in [0.25, 0.3) is 0 Å². The Labute approximate surface area is 379 Å². The fourth-order valence-electron chi connectivity index (χ4n) is 10.4. The van der Waals surface area contributed by atoms with Crippen LogP contribution in [0.1, 0.15) is 22.3 Å². The van der Waals surface area contributed by atoms with Gasteiger partial charge in [-0.3, -0.25) is 0 Å². The Balaban J connectivity index is 0.988. The van der Waals surface area contributed by atoms with Gasteiger partial charge in [0.15, 0.2) is 5.82 Å². The number of benzene rings is 10. The first-order chi connectivity index (χ1) is 32.3. The summed E-state index contributed by atoms with van der Waals surface area (Å²) in [7, 11) is 0. The molecule has 10 aromatic carbocycles. The predicted molar refractivity (Wildman–Crippen MR) is 269 cm³/mol. The summed E-state index contributed by atoms with van der Waals surface area (Å²) in [4.78, 5) is 10.5. The SMILES string of the molecule is c1ccc(-c2nc(-c3ccccc3-c3ccccc3)cc(-c3ccc(-c4ccc(-c5cccc6c5C(c5ccccc5)(c5ccccc5)c5ccccc5-6)cc4)c4ccccc34)n2)cc1. The maximum atomic E-state index is 5.29. The fourth-order valence-corrected chi connectivity index (χ4v) is 10.4. The minimum atomic E-state index is -0.486. The molecule has 1 aliphatic carbocycles. The highest BCUT2D eigenvalue weighted by Gasteiger charge is 2.47. The Morgan fingerprint density at radius 1 is 0.262 bits per heavy atom. The van der Waals surface area contributed by atoms with Crippen LogP contribution < -0.4 is 0 Å². The van der Waals surface area contributed by atoms with Crippen molar-refractivity contribution in [2.24, 2.45) is 0 Å². The van der Waals surface area contributed by atoms with Crippen LogP contribution in [0.3, 0.4) is 0 Å². The summed E-state index contributed by atoms with van der Waals surface area (Å²) in [5.41, 5.74) is 19.2. The van der Waals surface area contributed by atoms with Gasteiger partial charge in [-0.25, -0.2) is 9.97 Å². The normalized spacial score (nSPS) is 12.4. The second-order valence-electron chi connectivity index (χ2n) is 16.8. The maximum absolute atomic E-state index is 5.29. The Bertz CT molecular complexity index is 3470. The maximum Gasteiger partial charge on any atom is 0.160 e. The van der Waals surface area contributed by atoms with E-state index in [-0.39, 0.29) is 0 Å². The van der Waals surface area contributed by atoms with Crippen LogP contribution in [0.2, 0.25) is 0 Å². The second-order valence-corrected chi connectivity index (χ2v) is 16.8. The van der Waals surface area contributed by atoms with Crippen LogP contribution >= 0.6 is 0 Å². The summed E-state index contributed by atoms with van der Waals surface area (Å²) in [6, 6.07) is 91.9. The quantitative estimate of drug-likeness (QED) is 0.152. The molecule has 1 aliphatic rings. The third-order valence-corrected chi connectivity index (χ3v) is 13.2. The minimum Gasteiger partial charge on any atom is -0.228 e. The van der Waals surface area contributed by atoms with E-state index < -0.39 is 5.41 Å². The van der Waals surface area contributed by atoms with E-state index in [4.69, 9.17) is 9.97 Å². The molecule has 1 heterocycles. The molecule has 1 aromatic heterocycles. The molecule has 0 spiro atoms. The monoisotopic (exact) mass is 826 g/mol. The highest BCUT2D eigenvalue weighted by molar-refractivity contribution is 6.05. The molecule has 0 saturated carbocycles. The fraction of sp³-hybridized carbons (Fsp3) is 0.0159. The summed E-state index contributed by atoms with van der Waals surface area (Å²) in [6.07, 6.45) is 0. The molecule has 0 N–H and O–H groups in total.